The van der Waals surface area contributed by atoms with Gasteiger partial charge in [-0.1, -0.05) is 5.92 Å². The minimum absolute atomic E-state index is 0.561. The number of hydrogen-bond donors (Lipinski definition) is 0. The molecule has 1 fully saturated rings. The number of esters is 3. The number of carbonyl (C=O) groups is 3. The molecule has 1 saturated heterocycles. The van der Waals surface area contributed by atoms with Gasteiger partial charge in [0.2, 0.25) is 6.29 Å². The molecule has 21 heavy (non-hydrogen) atoms. The van der Waals surface area contributed by atoms with Crippen LogP contribution in [0, 0.1) is 18.3 Å². The molecule has 0 aromatic rings. The average Bonchev–Trinajstić information content (AvgIpc) is 2.32. The first-order chi connectivity index (χ1) is 9.76. The molecule has 0 radical (unpaired) electrons. The van der Waals surface area contributed by atoms with E-state index in [1.54, 1.807) is 6.92 Å². The lowest BCUT2D eigenvalue weighted by molar-refractivity contribution is -0.265. The lowest BCUT2D eigenvalue weighted by Gasteiger charge is -2.41. The lowest BCUT2D eigenvalue weighted by Crippen LogP contribution is -2.56. The molecule has 1 rings (SSSR count). The first kappa shape index (κ1) is 17.0. The summed E-state index contributed by atoms with van der Waals surface area (Å²) in [7, 11) is 0. The molecule has 7 nitrogen and oxygen atoms in total. The first-order valence-electron chi connectivity index (χ1n) is 6.39. The van der Waals surface area contributed by atoms with Crippen LogP contribution in [0.5, 0.6) is 0 Å². The molecule has 7 heteroatoms. The molecule has 0 aromatic heterocycles. The Bertz CT molecular complexity index is 464. The maximum Gasteiger partial charge on any atom is 0.304 e. The quantitative estimate of drug-likeness (QED) is 0.423. The summed E-state index contributed by atoms with van der Waals surface area (Å²) in [6.07, 6.45) is 1.86. The zero-order valence-electron chi connectivity index (χ0n) is 12.3. The fraction of sp³-hybridized carbons (Fsp3) is 0.643. The lowest BCUT2D eigenvalue weighted by atomic mass is 9.91. The van der Waals surface area contributed by atoms with Crippen molar-refractivity contribution in [3.05, 3.63) is 0 Å². The van der Waals surface area contributed by atoms with Gasteiger partial charge in [0, 0.05) is 20.8 Å². The fourth-order valence-corrected chi connectivity index (χ4v) is 2.12. The van der Waals surface area contributed by atoms with Crippen LogP contribution >= 0.6 is 0 Å². The fourth-order valence-electron chi connectivity index (χ4n) is 2.12. The van der Waals surface area contributed by atoms with Crippen LogP contribution in [0.1, 0.15) is 27.7 Å². The molecule has 5 atom stereocenters. The van der Waals surface area contributed by atoms with Gasteiger partial charge < -0.3 is 18.9 Å². The van der Waals surface area contributed by atoms with Gasteiger partial charge in [0.05, 0.1) is 6.10 Å². The molecule has 0 saturated carbocycles. The summed E-state index contributed by atoms with van der Waals surface area (Å²) in [5.41, 5.74) is 0. The van der Waals surface area contributed by atoms with E-state index >= 15 is 0 Å². The van der Waals surface area contributed by atoms with E-state index in [0.29, 0.717) is 0 Å². The van der Waals surface area contributed by atoms with E-state index in [0.717, 1.165) is 0 Å². The van der Waals surface area contributed by atoms with Gasteiger partial charge in [-0.05, 0) is 6.92 Å². The summed E-state index contributed by atoms with van der Waals surface area (Å²) in [5.74, 6) is -0.243. The Morgan fingerprint density at radius 3 is 1.86 bits per heavy atom. The third-order valence-corrected chi connectivity index (χ3v) is 2.86. The smallest absolute Gasteiger partial charge is 0.304 e. The summed E-state index contributed by atoms with van der Waals surface area (Å²) in [4.78, 5) is 33.6. The normalized spacial score (nSPS) is 31.7. The predicted octanol–water partition coefficient (Wildman–Crippen LogP) is 0.407. The second kappa shape index (κ2) is 7.09. The highest BCUT2D eigenvalue weighted by Gasteiger charge is 2.49. The Balaban J connectivity index is 3.06. The second-order valence-electron chi connectivity index (χ2n) is 4.66. The highest BCUT2D eigenvalue weighted by molar-refractivity contribution is 5.68. The van der Waals surface area contributed by atoms with Crippen LogP contribution in [0.15, 0.2) is 0 Å². The van der Waals surface area contributed by atoms with Gasteiger partial charge in [0.1, 0.15) is 5.92 Å². The van der Waals surface area contributed by atoms with Gasteiger partial charge in [0.15, 0.2) is 12.2 Å². The zero-order chi connectivity index (χ0) is 16.2. The van der Waals surface area contributed by atoms with Crippen LogP contribution in [0.3, 0.4) is 0 Å². The van der Waals surface area contributed by atoms with Crippen molar-refractivity contribution in [2.75, 3.05) is 0 Å². The molecule has 1 heterocycles. The molecule has 1 aliphatic heterocycles. The third kappa shape index (κ3) is 4.46. The molecule has 0 spiro atoms. The largest absolute Gasteiger partial charge is 0.457 e. The molecule has 116 valence electrons. The van der Waals surface area contributed by atoms with Crippen LogP contribution < -0.4 is 0 Å². The highest BCUT2D eigenvalue weighted by atomic mass is 16.7. The van der Waals surface area contributed by atoms with Crippen LogP contribution in [0.2, 0.25) is 0 Å². The maximum atomic E-state index is 11.3. The molecular formula is C14H18O7. The number of rotatable bonds is 3. The number of carbonyl (C=O) groups excluding carboxylic acids is 3. The maximum absolute atomic E-state index is 11.3. The van der Waals surface area contributed by atoms with Crippen molar-refractivity contribution in [2.24, 2.45) is 5.92 Å². The number of hydrogen-bond acceptors (Lipinski definition) is 7. The van der Waals surface area contributed by atoms with Crippen molar-refractivity contribution in [2.45, 2.75) is 52.3 Å². The predicted molar refractivity (Wildman–Crippen MR) is 69.5 cm³/mol. The Morgan fingerprint density at radius 2 is 1.43 bits per heavy atom. The van der Waals surface area contributed by atoms with E-state index in [1.165, 1.54) is 20.8 Å². The molecule has 0 N–H and O–H groups in total. The Morgan fingerprint density at radius 1 is 0.952 bits per heavy atom. The summed E-state index contributed by atoms with van der Waals surface area (Å²) in [6, 6.07) is 0. The van der Waals surface area contributed by atoms with Crippen molar-refractivity contribution < 1.29 is 33.3 Å². The first-order valence-corrected chi connectivity index (χ1v) is 6.39. The summed E-state index contributed by atoms with van der Waals surface area (Å²) in [6.45, 7) is 5.24. The van der Waals surface area contributed by atoms with Crippen LogP contribution in [-0.4, -0.2) is 42.5 Å². The van der Waals surface area contributed by atoms with Gasteiger partial charge in [-0.25, -0.2) is 0 Å². The highest BCUT2D eigenvalue weighted by Crippen LogP contribution is 2.31. The topological polar surface area (TPSA) is 88.1 Å². The zero-order valence-corrected chi connectivity index (χ0v) is 12.3. The van der Waals surface area contributed by atoms with Crippen LogP contribution in [-0.2, 0) is 33.3 Å². The van der Waals surface area contributed by atoms with E-state index in [2.05, 4.69) is 5.92 Å². The standard InChI is InChI=1S/C14H18O7/c1-6-11-13(20-9(4)16)12(19-8(3)15)7(2)18-14(11)21-10(5)17/h1,7,11-14H,2-5H3/t7-,11+,12?,13+,14-/m1/s1. The molecule has 1 unspecified atom stereocenters. The van der Waals surface area contributed by atoms with Gasteiger partial charge in [-0.2, -0.15) is 0 Å². The van der Waals surface area contributed by atoms with Crippen molar-refractivity contribution in [3.8, 4) is 12.3 Å². The van der Waals surface area contributed by atoms with Crippen LogP contribution in [0.4, 0.5) is 0 Å². The van der Waals surface area contributed by atoms with E-state index in [-0.39, 0.29) is 0 Å². The monoisotopic (exact) mass is 298 g/mol. The Labute approximate surface area is 122 Å². The van der Waals surface area contributed by atoms with E-state index < -0.39 is 48.4 Å². The summed E-state index contributed by atoms with van der Waals surface area (Å²) >= 11 is 0. The van der Waals surface area contributed by atoms with Gasteiger partial charge >= 0.3 is 17.9 Å². The Hall–Kier alpha value is -2.07. The van der Waals surface area contributed by atoms with E-state index in [4.69, 9.17) is 25.4 Å². The molecule has 0 aliphatic carbocycles. The molecule has 0 amide bonds. The average molecular weight is 298 g/mol. The van der Waals surface area contributed by atoms with Crippen molar-refractivity contribution >= 4 is 17.9 Å². The second-order valence-corrected chi connectivity index (χ2v) is 4.66. The summed E-state index contributed by atoms with van der Waals surface area (Å²) in [5, 5.41) is 0. The SMILES string of the molecule is C#C[C@@H]1[C@@H](OC(C)=O)O[C@H](C)C(OC(C)=O)[C@H]1OC(C)=O. The van der Waals surface area contributed by atoms with E-state index in [9.17, 15) is 14.4 Å². The molecule has 0 bridgehead atoms. The Kier molecular flexibility index (Phi) is 5.73. The molecular weight excluding hydrogens is 280 g/mol. The van der Waals surface area contributed by atoms with Crippen molar-refractivity contribution in [3.63, 3.8) is 0 Å². The number of ether oxygens (including phenoxy) is 4. The minimum atomic E-state index is -1.07. The minimum Gasteiger partial charge on any atom is -0.457 e. The van der Waals surface area contributed by atoms with Crippen molar-refractivity contribution in [1.29, 1.82) is 0 Å². The molecule has 0 aromatic carbocycles. The van der Waals surface area contributed by atoms with Crippen molar-refractivity contribution in [1.82, 2.24) is 0 Å². The number of terminal acetylenes is 1. The van der Waals surface area contributed by atoms with Gasteiger partial charge in [-0.15, -0.1) is 6.42 Å². The third-order valence-electron chi connectivity index (χ3n) is 2.86. The van der Waals surface area contributed by atoms with Crippen LogP contribution in [0.25, 0.3) is 0 Å². The summed E-state index contributed by atoms with van der Waals surface area (Å²) < 4.78 is 20.8. The van der Waals surface area contributed by atoms with Gasteiger partial charge in [-0.3, -0.25) is 14.4 Å². The van der Waals surface area contributed by atoms with E-state index in [1.807, 2.05) is 0 Å². The van der Waals surface area contributed by atoms with Gasteiger partial charge in [0.25, 0.3) is 0 Å². The molecule has 1 aliphatic rings.